The minimum atomic E-state index is 0.525. The molecule has 78 valence electrons. The average Bonchev–Trinajstić information content (AvgIpc) is 2.15. The van der Waals surface area contributed by atoms with Crippen molar-refractivity contribution in [2.75, 3.05) is 17.7 Å². The lowest BCUT2D eigenvalue weighted by molar-refractivity contribution is 0.664. The highest BCUT2D eigenvalue weighted by atomic mass is 127. The number of hydrogen-bond acceptors (Lipinski definition) is 2. The van der Waals surface area contributed by atoms with Gasteiger partial charge in [-0.15, -0.1) is 0 Å². The summed E-state index contributed by atoms with van der Waals surface area (Å²) in [5, 5.41) is 0. The summed E-state index contributed by atoms with van der Waals surface area (Å²) in [6, 6.07) is 6.71. The van der Waals surface area contributed by atoms with Crippen LogP contribution >= 0.6 is 22.6 Å². The Kier molecular flexibility index (Phi) is 4.04. The van der Waals surface area contributed by atoms with Crippen LogP contribution in [0.3, 0.4) is 0 Å². The molecule has 14 heavy (non-hydrogen) atoms. The van der Waals surface area contributed by atoms with Crippen molar-refractivity contribution in [2.24, 2.45) is 0 Å². The first-order valence-corrected chi connectivity index (χ1v) is 5.92. The molecule has 1 aromatic carbocycles. The topological polar surface area (TPSA) is 29.3 Å². The van der Waals surface area contributed by atoms with Crippen molar-refractivity contribution in [3.8, 4) is 0 Å². The molecule has 1 rings (SSSR count). The minimum absolute atomic E-state index is 0.525. The van der Waals surface area contributed by atoms with Crippen LogP contribution < -0.4 is 10.6 Å². The third-order valence-corrected chi connectivity index (χ3v) is 3.29. The van der Waals surface area contributed by atoms with E-state index in [0.29, 0.717) is 6.04 Å². The van der Waals surface area contributed by atoms with E-state index in [1.54, 1.807) is 0 Å². The average molecular weight is 304 g/mol. The molecule has 1 unspecified atom stereocenters. The van der Waals surface area contributed by atoms with Gasteiger partial charge in [-0.1, -0.05) is 6.92 Å². The fraction of sp³-hybridized carbons (Fsp3) is 0.455. The monoisotopic (exact) mass is 304 g/mol. The smallest absolute Gasteiger partial charge is 0.0600 e. The SMILES string of the molecule is CCC(C)N(C)c1ccc(I)cc1N. The van der Waals surface area contributed by atoms with Crippen molar-refractivity contribution in [2.45, 2.75) is 26.3 Å². The third-order valence-electron chi connectivity index (χ3n) is 2.62. The van der Waals surface area contributed by atoms with Gasteiger partial charge in [0.2, 0.25) is 0 Å². The maximum Gasteiger partial charge on any atom is 0.0600 e. The summed E-state index contributed by atoms with van der Waals surface area (Å²) < 4.78 is 1.18. The standard InChI is InChI=1S/C11H17IN2/c1-4-8(2)14(3)11-6-5-9(12)7-10(11)13/h5-8H,4,13H2,1-3H3. The Bertz CT molecular complexity index is 312. The van der Waals surface area contributed by atoms with E-state index in [9.17, 15) is 0 Å². The highest BCUT2D eigenvalue weighted by Gasteiger charge is 2.10. The summed E-state index contributed by atoms with van der Waals surface area (Å²) in [6.07, 6.45) is 1.13. The van der Waals surface area contributed by atoms with Gasteiger partial charge in [-0.2, -0.15) is 0 Å². The number of anilines is 2. The van der Waals surface area contributed by atoms with E-state index in [4.69, 9.17) is 5.73 Å². The van der Waals surface area contributed by atoms with Crippen LogP contribution in [0.25, 0.3) is 0 Å². The quantitative estimate of drug-likeness (QED) is 0.687. The molecule has 1 aromatic rings. The molecule has 0 heterocycles. The van der Waals surface area contributed by atoms with Crippen molar-refractivity contribution >= 4 is 34.0 Å². The normalized spacial score (nSPS) is 12.6. The van der Waals surface area contributed by atoms with E-state index >= 15 is 0 Å². The Balaban J connectivity index is 2.95. The molecule has 0 amide bonds. The molecule has 0 fully saturated rings. The minimum Gasteiger partial charge on any atom is -0.397 e. The summed E-state index contributed by atoms with van der Waals surface area (Å²) in [6.45, 7) is 4.39. The maximum absolute atomic E-state index is 5.97. The van der Waals surface area contributed by atoms with Gasteiger partial charge in [0.15, 0.2) is 0 Å². The summed E-state index contributed by atoms with van der Waals surface area (Å²) in [4.78, 5) is 2.23. The molecule has 0 aliphatic heterocycles. The Hall–Kier alpha value is -0.450. The lowest BCUT2D eigenvalue weighted by Gasteiger charge is -2.27. The fourth-order valence-electron chi connectivity index (χ4n) is 1.36. The Labute approximate surface area is 99.6 Å². The number of nitrogens with two attached hydrogens (primary N) is 1. The number of rotatable bonds is 3. The van der Waals surface area contributed by atoms with Gasteiger partial charge in [-0.25, -0.2) is 0 Å². The zero-order chi connectivity index (χ0) is 10.7. The predicted molar refractivity (Wildman–Crippen MR) is 71.7 cm³/mol. The van der Waals surface area contributed by atoms with Crippen molar-refractivity contribution in [1.82, 2.24) is 0 Å². The van der Waals surface area contributed by atoms with Gasteiger partial charge in [0.1, 0.15) is 0 Å². The van der Waals surface area contributed by atoms with Gasteiger partial charge in [-0.3, -0.25) is 0 Å². The molecule has 2 N–H and O–H groups in total. The van der Waals surface area contributed by atoms with E-state index in [1.165, 1.54) is 3.57 Å². The molecule has 0 saturated carbocycles. The highest BCUT2D eigenvalue weighted by molar-refractivity contribution is 14.1. The second-order valence-electron chi connectivity index (χ2n) is 3.57. The molecule has 0 saturated heterocycles. The van der Waals surface area contributed by atoms with Gasteiger partial charge < -0.3 is 10.6 Å². The van der Waals surface area contributed by atoms with E-state index in [-0.39, 0.29) is 0 Å². The van der Waals surface area contributed by atoms with Gasteiger partial charge in [0.05, 0.1) is 11.4 Å². The first-order chi connectivity index (χ1) is 6.56. The number of halogens is 1. The van der Waals surface area contributed by atoms with Crippen molar-refractivity contribution in [1.29, 1.82) is 0 Å². The van der Waals surface area contributed by atoms with Gasteiger partial charge >= 0.3 is 0 Å². The summed E-state index contributed by atoms with van der Waals surface area (Å²) in [5.41, 5.74) is 7.95. The summed E-state index contributed by atoms with van der Waals surface area (Å²) in [5.74, 6) is 0. The number of hydrogen-bond donors (Lipinski definition) is 1. The first-order valence-electron chi connectivity index (χ1n) is 4.84. The largest absolute Gasteiger partial charge is 0.397 e. The summed E-state index contributed by atoms with van der Waals surface area (Å²) in [7, 11) is 2.09. The molecular weight excluding hydrogens is 287 g/mol. The van der Waals surface area contributed by atoms with Crippen LogP contribution in [0.5, 0.6) is 0 Å². The predicted octanol–water partition coefficient (Wildman–Crippen LogP) is 3.11. The van der Waals surface area contributed by atoms with Gasteiger partial charge in [0.25, 0.3) is 0 Å². The molecule has 0 spiro atoms. The van der Waals surface area contributed by atoms with Crippen LogP contribution in [-0.2, 0) is 0 Å². The number of benzene rings is 1. The van der Waals surface area contributed by atoms with E-state index < -0.39 is 0 Å². The molecular formula is C11H17IN2. The van der Waals surface area contributed by atoms with Gasteiger partial charge in [-0.05, 0) is 54.1 Å². The van der Waals surface area contributed by atoms with Crippen LogP contribution in [0.15, 0.2) is 18.2 Å². The van der Waals surface area contributed by atoms with Crippen molar-refractivity contribution in [3.05, 3.63) is 21.8 Å². The zero-order valence-corrected chi connectivity index (χ0v) is 11.1. The Morgan fingerprint density at radius 1 is 1.50 bits per heavy atom. The molecule has 0 aliphatic rings. The highest BCUT2D eigenvalue weighted by Crippen LogP contribution is 2.26. The summed E-state index contributed by atoms with van der Waals surface area (Å²) >= 11 is 2.27. The van der Waals surface area contributed by atoms with Gasteiger partial charge in [0, 0.05) is 16.7 Å². The molecule has 1 atom stereocenters. The zero-order valence-electron chi connectivity index (χ0n) is 8.92. The van der Waals surface area contributed by atoms with E-state index in [1.807, 2.05) is 6.07 Å². The number of nitrogens with zero attached hydrogens (tertiary/aromatic N) is 1. The van der Waals surface area contributed by atoms with Crippen LogP contribution in [0.2, 0.25) is 0 Å². The van der Waals surface area contributed by atoms with Crippen molar-refractivity contribution in [3.63, 3.8) is 0 Å². The maximum atomic E-state index is 5.97. The second kappa shape index (κ2) is 4.87. The van der Waals surface area contributed by atoms with Crippen molar-refractivity contribution < 1.29 is 0 Å². The fourth-order valence-corrected chi connectivity index (χ4v) is 1.87. The van der Waals surface area contributed by atoms with Crippen LogP contribution in [-0.4, -0.2) is 13.1 Å². The lowest BCUT2D eigenvalue weighted by Crippen LogP contribution is -2.28. The Morgan fingerprint density at radius 3 is 2.64 bits per heavy atom. The van der Waals surface area contributed by atoms with Crippen LogP contribution in [0.4, 0.5) is 11.4 Å². The molecule has 0 radical (unpaired) electrons. The van der Waals surface area contributed by atoms with E-state index in [2.05, 4.69) is 60.5 Å². The molecule has 0 bridgehead atoms. The third kappa shape index (κ3) is 2.53. The second-order valence-corrected chi connectivity index (χ2v) is 4.82. The lowest BCUT2D eigenvalue weighted by atomic mass is 10.2. The Morgan fingerprint density at radius 2 is 2.14 bits per heavy atom. The number of nitrogen functional groups attached to an aromatic ring is 1. The molecule has 0 aliphatic carbocycles. The van der Waals surface area contributed by atoms with E-state index in [0.717, 1.165) is 17.8 Å². The molecule has 0 aromatic heterocycles. The van der Waals surface area contributed by atoms with Crippen LogP contribution in [0.1, 0.15) is 20.3 Å². The molecule has 2 nitrogen and oxygen atoms in total. The molecule has 3 heteroatoms. The van der Waals surface area contributed by atoms with Crippen LogP contribution in [0, 0.1) is 3.57 Å². The first kappa shape index (κ1) is 11.6.